The third kappa shape index (κ3) is 2.53. The minimum atomic E-state index is 0.0912. The first-order valence-electron chi connectivity index (χ1n) is 5.83. The van der Waals surface area contributed by atoms with Crippen LogP contribution >= 0.6 is 11.6 Å². The predicted octanol–water partition coefficient (Wildman–Crippen LogP) is 3.39. The minimum Gasteiger partial charge on any atom is -0.506 e. The molecule has 3 rings (SSSR count). The van der Waals surface area contributed by atoms with Crippen molar-refractivity contribution in [3.05, 3.63) is 47.0 Å². The molecule has 2 aromatic rings. The van der Waals surface area contributed by atoms with Gasteiger partial charge in [0.2, 0.25) is 6.79 Å². The van der Waals surface area contributed by atoms with E-state index in [-0.39, 0.29) is 12.5 Å². The molecule has 0 saturated heterocycles. The highest BCUT2D eigenvalue weighted by Crippen LogP contribution is 2.34. The Kier molecular flexibility index (Phi) is 3.09. The second kappa shape index (κ2) is 4.90. The molecule has 0 bridgehead atoms. The summed E-state index contributed by atoms with van der Waals surface area (Å²) in [6.45, 7) is 0.881. The number of ether oxygens (including phenoxy) is 2. The molecule has 0 radical (unpaired) electrons. The summed E-state index contributed by atoms with van der Waals surface area (Å²) < 4.78 is 10.6. The van der Waals surface area contributed by atoms with Gasteiger partial charge in [0.05, 0.1) is 5.02 Å². The summed E-state index contributed by atoms with van der Waals surface area (Å²) in [5.41, 5.74) is 1.92. The van der Waals surface area contributed by atoms with E-state index in [2.05, 4.69) is 5.32 Å². The smallest absolute Gasteiger partial charge is 0.231 e. The van der Waals surface area contributed by atoms with E-state index in [0.29, 0.717) is 11.6 Å². The van der Waals surface area contributed by atoms with Gasteiger partial charge in [-0.05, 0) is 29.8 Å². The van der Waals surface area contributed by atoms with Crippen LogP contribution in [0.2, 0.25) is 5.02 Å². The van der Waals surface area contributed by atoms with Crippen molar-refractivity contribution in [2.24, 2.45) is 0 Å². The summed E-state index contributed by atoms with van der Waals surface area (Å²) in [7, 11) is 0. The van der Waals surface area contributed by atoms with Crippen LogP contribution < -0.4 is 14.8 Å². The number of hydrogen-bond acceptors (Lipinski definition) is 4. The molecule has 2 aromatic carbocycles. The number of halogens is 1. The van der Waals surface area contributed by atoms with Gasteiger partial charge in [-0.15, -0.1) is 0 Å². The van der Waals surface area contributed by atoms with Gasteiger partial charge in [0.25, 0.3) is 0 Å². The summed E-state index contributed by atoms with van der Waals surface area (Å²) >= 11 is 5.86. The highest BCUT2D eigenvalue weighted by molar-refractivity contribution is 6.32. The van der Waals surface area contributed by atoms with Crippen molar-refractivity contribution < 1.29 is 14.6 Å². The predicted molar refractivity (Wildman–Crippen MR) is 73.0 cm³/mol. The van der Waals surface area contributed by atoms with E-state index in [1.165, 1.54) is 0 Å². The maximum atomic E-state index is 9.35. The monoisotopic (exact) mass is 277 g/mol. The fourth-order valence-electron chi connectivity index (χ4n) is 1.87. The molecule has 0 saturated carbocycles. The molecule has 19 heavy (non-hydrogen) atoms. The van der Waals surface area contributed by atoms with E-state index in [1.807, 2.05) is 24.3 Å². The molecule has 0 aliphatic carbocycles. The lowest BCUT2D eigenvalue weighted by atomic mass is 10.2. The first kappa shape index (κ1) is 12.0. The van der Waals surface area contributed by atoms with E-state index in [0.717, 1.165) is 22.7 Å². The Morgan fingerprint density at radius 3 is 2.79 bits per heavy atom. The molecule has 1 heterocycles. The van der Waals surface area contributed by atoms with Crippen LogP contribution in [0.3, 0.4) is 0 Å². The van der Waals surface area contributed by atoms with Gasteiger partial charge < -0.3 is 19.9 Å². The molecule has 0 aromatic heterocycles. The van der Waals surface area contributed by atoms with Gasteiger partial charge in [-0.25, -0.2) is 0 Å². The average Bonchev–Trinajstić information content (AvgIpc) is 2.87. The van der Waals surface area contributed by atoms with Crippen molar-refractivity contribution in [1.82, 2.24) is 0 Å². The largest absolute Gasteiger partial charge is 0.506 e. The fraction of sp³-hybridized carbons (Fsp3) is 0.143. The Balaban J connectivity index is 1.70. The lowest BCUT2D eigenvalue weighted by Gasteiger charge is -2.08. The van der Waals surface area contributed by atoms with Crippen molar-refractivity contribution in [3.8, 4) is 17.2 Å². The van der Waals surface area contributed by atoms with E-state index in [4.69, 9.17) is 21.1 Å². The number of nitrogens with one attached hydrogen (secondary N) is 1. The summed E-state index contributed by atoms with van der Waals surface area (Å²) in [6, 6.07) is 10.8. The number of benzene rings is 2. The molecular weight excluding hydrogens is 266 g/mol. The Bertz CT molecular complexity index is 616. The highest BCUT2D eigenvalue weighted by Gasteiger charge is 2.12. The normalized spacial score (nSPS) is 12.5. The zero-order valence-corrected chi connectivity index (χ0v) is 10.8. The van der Waals surface area contributed by atoms with Crippen LogP contribution in [0.15, 0.2) is 36.4 Å². The number of phenolic OH excluding ortho intramolecular Hbond substituents is 1. The molecule has 4 nitrogen and oxygen atoms in total. The summed E-state index contributed by atoms with van der Waals surface area (Å²) in [4.78, 5) is 0. The van der Waals surface area contributed by atoms with Crippen LogP contribution in [0.4, 0.5) is 5.69 Å². The fourth-order valence-corrected chi connectivity index (χ4v) is 2.07. The van der Waals surface area contributed by atoms with Crippen molar-refractivity contribution in [2.75, 3.05) is 12.1 Å². The number of phenols is 1. The van der Waals surface area contributed by atoms with Crippen molar-refractivity contribution in [2.45, 2.75) is 6.54 Å². The molecule has 5 heteroatoms. The van der Waals surface area contributed by atoms with Crippen molar-refractivity contribution in [3.63, 3.8) is 0 Å². The molecule has 0 amide bonds. The van der Waals surface area contributed by atoms with Crippen LogP contribution in [0.1, 0.15) is 5.56 Å². The van der Waals surface area contributed by atoms with Gasteiger partial charge in [-0.2, -0.15) is 0 Å². The van der Waals surface area contributed by atoms with E-state index < -0.39 is 0 Å². The molecule has 0 unspecified atom stereocenters. The van der Waals surface area contributed by atoms with Gasteiger partial charge >= 0.3 is 0 Å². The van der Waals surface area contributed by atoms with Crippen LogP contribution in [0.5, 0.6) is 17.2 Å². The van der Waals surface area contributed by atoms with Crippen LogP contribution in [0, 0.1) is 0 Å². The second-order valence-corrected chi connectivity index (χ2v) is 4.61. The number of hydrogen-bond donors (Lipinski definition) is 2. The Hall–Kier alpha value is -2.07. The maximum absolute atomic E-state index is 9.35. The number of anilines is 1. The van der Waals surface area contributed by atoms with Gasteiger partial charge in [0.1, 0.15) is 5.75 Å². The van der Waals surface area contributed by atoms with Crippen LogP contribution in [-0.2, 0) is 6.54 Å². The first-order valence-corrected chi connectivity index (χ1v) is 6.21. The van der Waals surface area contributed by atoms with Crippen LogP contribution in [0.25, 0.3) is 0 Å². The number of rotatable bonds is 3. The zero-order valence-electron chi connectivity index (χ0n) is 10.0. The highest BCUT2D eigenvalue weighted by atomic mass is 35.5. The molecule has 2 N–H and O–H groups in total. The van der Waals surface area contributed by atoms with Gasteiger partial charge in [0.15, 0.2) is 11.5 Å². The summed E-state index contributed by atoms with van der Waals surface area (Å²) in [5.74, 6) is 1.60. The maximum Gasteiger partial charge on any atom is 0.231 e. The van der Waals surface area contributed by atoms with E-state index >= 15 is 0 Å². The van der Waals surface area contributed by atoms with Gasteiger partial charge in [-0.1, -0.05) is 17.7 Å². The molecule has 0 atom stereocenters. The Labute approximate surface area is 115 Å². The third-order valence-electron chi connectivity index (χ3n) is 2.88. The van der Waals surface area contributed by atoms with Crippen molar-refractivity contribution >= 4 is 17.3 Å². The zero-order chi connectivity index (χ0) is 13.2. The van der Waals surface area contributed by atoms with E-state index in [1.54, 1.807) is 12.1 Å². The quantitative estimate of drug-likeness (QED) is 0.903. The molecule has 0 fully saturated rings. The summed E-state index contributed by atoms with van der Waals surface area (Å²) in [6.07, 6.45) is 0. The van der Waals surface area contributed by atoms with Gasteiger partial charge in [-0.3, -0.25) is 0 Å². The number of fused-ring (bicyclic) bond motifs is 1. The Morgan fingerprint density at radius 1 is 1.11 bits per heavy atom. The first-order chi connectivity index (χ1) is 9.22. The SMILES string of the molecule is Oc1ccc(CNc2ccc3c(c2)OCO3)cc1Cl. The van der Waals surface area contributed by atoms with E-state index in [9.17, 15) is 5.11 Å². The molecule has 0 spiro atoms. The third-order valence-corrected chi connectivity index (χ3v) is 3.18. The summed E-state index contributed by atoms with van der Waals surface area (Å²) in [5, 5.41) is 13.0. The van der Waals surface area contributed by atoms with Crippen LogP contribution in [-0.4, -0.2) is 11.9 Å². The lowest BCUT2D eigenvalue weighted by Crippen LogP contribution is -1.99. The Morgan fingerprint density at radius 2 is 1.95 bits per heavy atom. The standard InChI is InChI=1S/C14H12ClNO3/c15-11-5-9(1-3-12(11)17)7-16-10-2-4-13-14(6-10)19-8-18-13/h1-6,16-17H,7-8H2. The molecule has 1 aliphatic rings. The molecular formula is C14H12ClNO3. The lowest BCUT2D eigenvalue weighted by molar-refractivity contribution is 0.174. The molecule has 1 aliphatic heterocycles. The number of aromatic hydroxyl groups is 1. The topological polar surface area (TPSA) is 50.7 Å². The van der Waals surface area contributed by atoms with Crippen molar-refractivity contribution in [1.29, 1.82) is 0 Å². The molecule has 98 valence electrons. The second-order valence-electron chi connectivity index (χ2n) is 4.21. The minimum absolute atomic E-state index is 0.0912. The average molecular weight is 278 g/mol. The van der Waals surface area contributed by atoms with Gasteiger partial charge in [0, 0.05) is 18.3 Å².